The van der Waals surface area contributed by atoms with Crippen molar-refractivity contribution < 1.29 is 0 Å². The molecular formula is C16H27N3. The smallest absolute Gasteiger partial charge is 0.128 e. The van der Waals surface area contributed by atoms with Crippen LogP contribution >= 0.6 is 0 Å². The van der Waals surface area contributed by atoms with Crippen LogP contribution in [-0.4, -0.2) is 18.1 Å². The van der Waals surface area contributed by atoms with Gasteiger partial charge in [0.1, 0.15) is 5.82 Å². The summed E-state index contributed by atoms with van der Waals surface area (Å²) >= 11 is 0. The second kappa shape index (κ2) is 5.49. The van der Waals surface area contributed by atoms with Crippen molar-refractivity contribution in [1.29, 1.82) is 0 Å². The number of pyridine rings is 1. The predicted octanol–water partition coefficient (Wildman–Crippen LogP) is 3.51. The quantitative estimate of drug-likeness (QED) is 0.905. The molecule has 106 valence electrons. The molecule has 0 aliphatic heterocycles. The van der Waals surface area contributed by atoms with Gasteiger partial charge in [-0.3, -0.25) is 0 Å². The number of anilines is 1. The van der Waals surface area contributed by atoms with E-state index in [1.807, 2.05) is 19.2 Å². The standard InChI is InChI=1S/C16H27N3/c1-12(17)13-7-10-18-15(11-13)19(4)14-5-8-16(2,3)9-6-14/h7,10-12,14H,5-6,8-9,17H2,1-4H3/t12-/m0/s1. The van der Waals surface area contributed by atoms with E-state index in [2.05, 4.69) is 36.8 Å². The van der Waals surface area contributed by atoms with Crippen molar-refractivity contribution in [3.63, 3.8) is 0 Å². The number of hydrogen-bond acceptors (Lipinski definition) is 3. The van der Waals surface area contributed by atoms with Crippen molar-refractivity contribution in [1.82, 2.24) is 4.98 Å². The van der Waals surface area contributed by atoms with Crippen LogP contribution in [0, 0.1) is 5.41 Å². The Kier molecular flexibility index (Phi) is 4.14. The van der Waals surface area contributed by atoms with E-state index in [-0.39, 0.29) is 6.04 Å². The first-order valence-electron chi connectivity index (χ1n) is 7.33. The van der Waals surface area contributed by atoms with Gasteiger partial charge in [0.25, 0.3) is 0 Å². The Hall–Kier alpha value is -1.09. The number of nitrogens with two attached hydrogens (primary N) is 1. The van der Waals surface area contributed by atoms with E-state index in [0.717, 1.165) is 11.4 Å². The fourth-order valence-corrected chi connectivity index (χ4v) is 2.87. The lowest BCUT2D eigenvalue weighted by Gasteiger charge is -2.39. The molecule has 1 saturated carbocycles. The molecule has 0 aromatic carbocycles. The highest BCUT2D eigenvalue weighted by molar-refractivity contribution is 5.42. The van der Waals surface area contributed by atoms with Crippen LogP contribution in [0.1, 0.15) is 58.1 Å². The fraction of sp³-hybridized carbons (Fsp3) is 0.688. The van der Waals surface area contributed by atoms with E-state index in [4.69, 9.17) is 5.73 Å². The maximum absolute atomic E-state index is 5.95. The minimum absolute atomic E-state index is 0.0699. The molecule has 1 aromatic heterocycles. The first-order chi connectivity index (χ1) is 8.89. The number of aromatic nitrogens is 1. The van der Waals surface area contributed by atoms with Crippen LogP contribution in [0.2, 0.25) is 0 Å². The van der Waals surface area contributed by atoms with E-state index in [1.54, 1.807) is 0 Å². The van der Waals surface area contributed by atoms with Gasteiger partial charge in [-0.25, -0.2) is 4.98 Å². The minimum atomic E-state index is 0.0699. The normalized spacial score (nSPS) is 21.1. The SMILES string of the molecule is C[C@H](N)c1ccnc(N(C)C2CCC(C)(C)CC2)c1. The molecule has 3 nitrogen and oxygen atoms in total. The van der Waals surface area contributed by atoms with Crippen LogP contribution in [0.3, 0.4) is 0 Å². The van der Waals surface area contributed by atoms with E-state index in [9.17, 15) is 0 Å². The molecule has 19 heavy (non-hydrogen) atoms. The Morgan fingerprint density at radius 1 is 1.37 bits per heavy atom. The highest BCUT2D eigenvalue weighted by atomic mass is 15.2. The van der Waals surface area contributed by atoms with Crippen LogP contribution in [0.4, 0.5) is 5.82 Å². The van der Waals surface area contributed by atoms with E-state index < -0.39 is 0 Å². The van der Waals surface area contributed by atoms with Gasteiger partial charge in [-0.1, -0.05) is 13.8 Å². The van der Waals surface area contributed by atoms with E-state index in [1.165, 1.54) is 25.7 Å². The van der Waals surface area contributed by atoms with Crippen molar-refractivity contribution in [3.05, 3.63) is 23.9 Å². The first kappa shape index (κ1) is 14.3. The van der Waals surface area contributed by atoms with Gasteiger partial charge in [0.15, 0.2) is 0 Å². The van der Waals surface area contributed by atoms with Crippen molar-refractivity contribution in [3.8, 4) is 0 Å². The molecule has 1 atom stereocenters. The number of rotatable bonds is 3. The number of nitrogens with zero attached hydrogens (tertiary/aromatic N) is 2. The van der Waals surface area contributed by atoms with Gasteiger partial charge in [0, 0.05) is 25.3 Å². The first-order valence-corrected chi connectivity index (χ1v) is 7.33. The highest BCUT2D eigenvalue weighted by Gasteiger charge is 2.29. The zero-order valence-electron chi connectivity index (χ0n) is 12.7. The molecule has 0 spiro atoms. The van der Waals surface area contributed by atoms with Crippen LogP contribution in [-0.2, 0) is 0 Å². The van der Waals surface area contributed by atoms with Gasteiger partial charge in [-0.15, -0.1) is 0 Å². The molecule has 2 rings (SSSR count). The van der Waals surface area contributed by atoms with Crippen molar-refractivity contribution in [2.24, 2.45) is 11.1 Å². The van der Waals surface area contributed by atoms with Gasteiger partial charge in [0.2, 0.25) is 0 Å². The van der Waals surface area contributed by atoms with Gasteiger partial charge in [-0.05, 0) is 55.7 Å². The van der Waals surface area contributed by atoms with Crippen LogP contribution in [0.5, 0.6) is 0 Å². The summed E-state index contributed by atoms with van der Waals surface area (Å²) in [5.41, 5.74) is 7.62. The molecule has 0 unspecified atom stereocenters. The van der Waals surface area contributed by atoms with Crippen molar-refractivity contribution >= 4 is 5.82 Å². The maximum Gasteiger partial charge on any atom is 0.128 e. The molecule has 0 amide bonds. The summed E-state index contributed by atoms with van der Waals surface area (Å²) < 4.78 is 0. The lowest BCUT2D eigenvalue weighted by molar-refractivity contribution is 0.222. The second-order valence-electron chi connectivity index (χ2n) is 6.74. The molecule has 1 aromatic rings. The van der Waals surface area contributed by atoms with Crippen LogP contribution in [0.15, 0.2) is 18.3 Å². The summed E-state index contributed by atoms with van der Waals surface area (Å²) in [6, 6.07) is 4.82. The van der Waals surface area contributed by atoms with Crippen molar-refractivity contribution in [2.75, 3.05) is 11.9 Å². The van der Waals surface area contributed by atoms with Crippen molar-refractivity contribution in [2.45, 2.75) is 58.5 Å². The van der Waals surface area contributed by atoms with Gasteiger partial charge in [-0.2, -0.15) is 0 Å². The van der Waals surface area contributed by atoms with E-state index >= 15 is 0 Å². The molecule has 0 saturated heterocycles. The minimum Gasteiger partial charge on any atom is -0.357 e. The Morgan fingerprint density at radius 2 is 2.00 bits per heavy atom. The third kappa shape index (κ3) is 3.47. The maximum atomic E-state index is 5.95. The van der Waals surface area contributed by atoms with Gasteiger partial charge >= 0.3 is 0 Å². The molecule has 1 fully saturated rings. The molecule has 0 radical (unpaired) electrons. The highest BCUT2D eigenvalue weighted by Crippen LogP contribution is 2.37. The average molecular weight is 261 g/mol. The predicted molar refractivity (Wildman–Crippen MR) is 81.3 cm³/mol. The summed E-state index contributed by atoms with van der Waals surface area (Å²) in [6.07, 6.45) is 6.99. The van der Waals surface area contributed by atoms with Gasteiger partial charge < -0.3 is 10.6 Å². The largest absolute Gasteiger partial charge is 0.357 e. The topological polar surface area (TPSA) is 42.1 Å². The molecule has 1 aliphatic rings. The summed E-state index contributed by atoms with van der Waals surface area (Å²) in [4.78, 5) is 6.84. The Balaban J connectivity index is 2.07. The fourth-order valence-electron chi connectivity index (χ4n) is 2.87. The summed E-state index contributed by atoms with van der Waals surface area (Å²) in [6.45, 7) is 6.76. The molecule has 1 heterocycles. The van der Waals surface area contributed by atoms with Crippen LogP contribution < -0.4 is 10.6 Å². The summed E-state index contributed by atoms with van der Waals surface area (Å²) in [5.74, 6) is 1.06. The van der Waals surface area contributed by atoms with Gasteiger partial charge in [0.05, 0.1) is 0 Å². The third-order valence-electron chi connectivity index (χ3n) is 4.51. The second-order valence-corrected chi connectivity index (χ2v) is 6.74. The lowest BCUT2D eigenvalue weighted by Crippen LogP contribution is -2.37. The Labute approximate surface area is 117 Å². The van der Waals surface area contributed by atoms with E-state index in [0.29, 0.717) is 11.5 Å². The molecular weight excluding hydrogens is 234 g/mol. The zero-order valence-corrected chi connectivity index (χ0v) is 12.7. The third-order valence-corrected chi connectivity index (χ3v) is 4.51. The number of hydrogen-bond donors (Lipinski definition) is 1. The molecule has 0 bridgehead atoms. The molecule has 1 aliphatic carbocycles. The summed E-state index contributed by atoms with van der Waals surface area (Å²) in [5, 5.41) is 0. The van der Waals surface area contributed by atoms with Crippen LogP contribution in [0.25, 0.3) is 0 Å². The average Bonchev–Trinajstić information content (AvgIpc) is 2.38. The summed E-state index contributed by atoms with van der Waals surface area (Å²) in [7, 11) is 2.16. The lowest BCUT2D eigenvalue weighted by atomic mass is 9.75. The Morgan fingerprint density at radius 3 is 2.58 bits per heavy atom. The monoisotopic (exact) mass is 261 g/mol. The zero-order chi connectivity index (χ0) is 14.0. The molecule has 2 N–H and O–H groups in total. The Bertz CT molecular complexity index is 416. The molecule has 3 heteroatoms.